The Kier molecular flexibility index (Phi) is 6.18. The van der Waals surface area contributed by atoms with Crippen molar-refractivity contribution in [3.05, 3.63) is 82.9 Å². The smallest absolute Gasteiger partial charge is 0.252 e. The van der Waals surface area contributed by atoms with E-state index in [9.17, 15) is 4.79 Å². The van der Waals surface area contributed by atoms with Crippen LogP contribution in [-0.4, -0.2) is 62.9 Å². The van der Waals surface area contributed by atoms with Crippen LogP contribution in [0.1, 0.15) is 39.8 Å². The Morgan fingerprint density at radius 3 is 2.70 bits per heavy atom. The molecule has 0 radical (unpaired) electrons. The van der Waals surface area contributed by atoms with E-state index in [1.54, 1.807) is 0 Å². The number of nitrogens with zero attached hydrogens (tertiary/aromatic N) is 6. The molecule has 1 N–H and O–H groups in total. The SMILES string of the molecule is C=C(COc1ccc2c(c1)c1c3c(c4c(c1n2CC)CCc1nn(C)cc1-4)C(=O)NC3)N1CCN(c2cccc(C)n2)CC1. The van der Waals surface area contributed by atoms with Gasteiger partial charge in [0.05, 0.1) is 16.8 Å². The summed E-state index contributed by atoms with van der Waals surface area (Å²) in [6.45, 7) is 14.0. The number of fused-ring (bicyclic) bond motifs is 10. The summed E-state index contributed by atoms with van der Waals surface area (Å²) in [7, 11) is 1.96. The summed E-state index contributed by atoms with van der Waals surface area (Å²) >= 11 is 0. The molecule has 9 heteroatoms. The molecule has 3 aliphatic rings. The van der Waals surface area contributed by atoms with Crippen molar-refractivity contribution >= 4 is 33.5 Å². The van der Waals surface area contributed by atoms with Crippen molar-refractivity contribution in [2.24, 2.45) is 7.05 Å². The monoisotopic (exact) mass is 587 g/mol. The number of benzene rings is 2. The van der Waals surface area contributed by atoms with Crippen molar-refractivity contribution in [3.63, 3.8) is 0 Å². The van der Waals surface area contributed by atoms with E-state index in [0.29, 0.717) is 13.2 Å². The molecule has 3 aromatic heterocycles. The molecule has 2 aromatic carbocycles. The lowest BCUT2D eigenvalue weighted by molar-refractivity contribution is 0.0966. The first kappa shape index (κ1) is 26.8. The molecule has 0 saturated carbocycles. The summed E-state index contributed by atoms with van der Waals surface area (Å²) in [6, 6.07) is 12.6. The van der Waals surface area contributed by atoms with E-state index in [4.69, 9.17) is 9.84 Å². The molecule has 0 atom stereocenters. The summed E-state index contributed by atoms with van der Waals surface area (Å²) < 4.78 is 10.7. The molecule has 2 aliphatic heterocycles. The van der Waals surface area contributed by atoms with Crippen LogP contribution in [0, 0.1) is 6.92 Å². The Bertz CT molecular complexity index is 1990. The maximum Gasteiger partial charge on any atom is 0.252 e. The number of aryl methyl sites for hydroxylation is 5. The van der Waals surface area contributed by atoms with Crippen LogP contribution in [0.3, 0.4) is 0 Å². The molecule has 0 unspecified atom stereocenters. The first-order valence-corrected chi connectivity index (χ1v) is 15.6. The van der Waals surface area contributed by atoms with Gasteiger partial charge in [0.2, 0.25) is 0 Å². The molecule has 1 aliphatic carbocycles. The van der Waals surface area contributed by atoms with Gasteiger partial charge >= 0.3 is 0 Å². The number of pyridine rings is 1. The quantitative estimate of drug-likeness (QED) is 0.302. The highest BCUT2D eigenvalue weighted by Gasteiger charge is 2.35. The summed E-state index contributed by atoms with van der Waals surface area (Å²) in [6.07, 6.45) is 3.81. The van der Waals surface area contributed by atoms with E-state index in [2.05, 4.69) is 74.7 Å². The molecular formula is C35H37N7O2. The van der Waals surface area contributed by atoms with Gasteiger partial charge in [-0.25, -0.2) is 4.98 Å². The highest BCUT2D eigenvalue weighted by atomic mass is 16.5. The van der Waals surface area contributed by atoms with Gasteiger partial charge in [-0.15, -0.1) is 0 Å². The van der Waals surface area contributed by atoms with Crippen LogP contribution in [0.5, 0.6) is 5.75 Å². The average Bonchev–Trinajstić information content (AvgIpc) is 3.71. The molecule has 8 rings (SSSR count). The molecule has 0 spiro atoms. The maximum atomic E-state index is 13.3. The number of anilines is 1. The topological polar surface area (TPSA) is 80.4 Å². The van der Waals surface area contributed by atoms with E-state index in [1.807, 2.05) is 24.7 Å². The zero-order valence-corrected chi connectivity index (χ0v) is 25.6. The van der Waals surface area contributed by atoms with Gasteiger partial charge in [-0.3, -0.25) is 9.48 Å². The molecule has 1 fully saturated rings. The van der Waals surface area contributed by atoms with E-state index in [1.165, 1.54) is 22.0 Å². The second-order valence-electron chi connectivity index (χ2n) is 12.2. The molecule has 5 heterocycles. The minimum atomic E-state index is 0.00855. The van der Waals surface area contributed by atoms with E-state index >= 15 is 0 Å². The normalized spacial score (nSPS) is 15.8. The highest BCUT2D eigenvalue weighted by Crippen LogP contribution is 2.47. The third-order valence-electron chi connectivity index (χ3n) is 9.56. The standard InChI is InChI=1S/C35H37N7O2/c1-5-42-29-12-9-23(44-20-22(3)40-13-15-41(16-14-40)30-8-6-7-21(2)37-30)17-25(29)32-26-18-36-35(43)33(26)31-24(34(32)42)10-11-28-27(31)19-39(4)38-28/h6-9,12,17,19H,3,5,10-11,13-16,18,20H2,1-2,4H3,(H,36,43). The lowest BCUT2D eigenvalue weighted by atomic mass is 9.82. The fourth-order valence-electron chi connectivity index (χ4n) is 7.53. The Morgan fingerprint density at radius 1 is 1.07 bits per heavy atom. The largest absolute Gasteiger partial charge is 0.487 e. The van der Waals surface area contributed by atoms with Crippen molar-refractivity contribution in [1.82, 2.24) is 29.5 Å². The van der Waals surface area contributed by atoms with Crippen molar-refractivity contribution in [1.29, 1.82) is 0 Å². The first-order chi connectivity index (χ1) is 21.4. The van der Waals surface area contributed by atoms with Crippen LogP contribution >= 0.6 is 0 Å². The van der Waals surface area contributed by atoms with E-state index < -0.39 is 0 Å². The van der Waals surface area contributed by atoms with Crippen LogP contribution in [0.4, 0.5) is 5.82 Å². The number of amides is 1. The third-order valence-corrected chi connectivity index (χ3v) is 9.56. The number of ether oxygens (including phenoxy) is 1. The van der Waals surface area contributed by atoms with E-state index in [-0.39, 0.29) is 5.91 Å². The molecule has 1 amide bonds. The Hall–Kier alpha value is -4.79. The fraction of sp³-hybridized carbons (Fsp3) is 0.343. The number of piperazine rings is 1. The molecule has 1 saturated heterocycles. The van der Waals surface area contributed by atoms with Crippen LogP contribution < -0.4 is 15.0 Å². The molecular weight excluding hydrogens is 550 g/mol. The van der Waals surface area contributed by atoms with Gasteiger partial charge in [0, 0.05) is 91.3 Å². The van der Waals surface area contributed by atoms with Crippen molar-refractivity contribution in [2.75, 3.05) is 37.7 Å². The van der Waals surface area contributed by atoms with Gasteiger partial charge in [0.15, 0.2) is 0 Å². The first-order valence-electron chi connectivity index (χ1n) is 15.6. The third kappa shape index (κ3) is 4.09. The second-order valence-corrected chi connectivity index (χ2v) is 12.2. The fourth-order valence-corrected chi connectivity index (χ4v) is 7.53. The Labute approximate surface area is 256 Å². The summed E-state index contributed by atoms with van der Waals surface area (Å²) in [5.41, 5.74) is 10.8. The van der Waals surface area contributed by atoms with Crippen molar-refractivity contribution in [3.8, 4) is 16.9 Å². The lowest BCUT2D eigenvalue weighted by Crippen LogP contribution is -2.46. The van der Waals surface area contributed by atoms with Gasteiger partial charge in [-0.1, -0.05) is 12.6 Å². The summed E-state index contributed by atoms with van der Waals surface area (Å²) in [5, 5.41) is 10.2. The lowest BCUT2D eigenvalue weighted by Gasteiger charge is -2.37. The number of carbonyl (C=O) groups is 1. The number of aromatic nitrogens is 4. The van der Waals surface area contributed by atoms with Gasteiger partial charge in [0.1, 0.15) is 18.2 Å². The van der Waals surface area contributed by atoms with E-state index in [0.717, 1.165) is 102 Å². The van der Waals surface area contributed by atoms with Crippen molar-refractivity contribution in [2.45, 2.75) is 39.8 Å². The van der Waals surface area contributed by atoms with Gasteiger partial charge < -0.3 is 24.4 Å². The van der Waals surface area contributed by atoms with Gasteiger partial charge in [-0.2, -0.15) is 5.10 Å². The number of hydrogen-bond donors (Lipinski definition) is 1. The molecule has 224 valence electrons. The molecule has 0 bridgehead atoms. The molecule has 9 nitrogen and oxygen atoms in total. The molecule has 5 aromatic rings. The number of nitrogens with one attached hydrogen (secondary N) is 1. The summed E-state index contributed by atoms with van der Waals surface area (Å²) in [4.78, 5) is 22.7. The zero-order valence-electron chi connectivity index (χ0n) is 25.6. The maximum absolute atomic E-state index is 13.3. The van der Waals surface area contributed by atoms with Crippen LogP contribution in [0.15, 0.2) is 54.9 Å². The predicted octanol–water partition coefficient (Wildman–Crippen LogP) is 4.98. The minimum absolute atomic E-state index is 0.00855. The zero-order chi connectivity index (χ0) is 30.1. The summed E-state index contributed by atoms with van der Waals surface area (Å²) in [5.74, 6) is 1.86. The molecule has 44 heavy (non-hydrogen) atoms. The second kappa shape index (κ2) is 10.1. The minimum Gasteiger partial charge on any atom is -0.487 e. The average molecular weight is 588 g/mol. The Morgan fingerprint density at radius 2 is 1.91 bits per heavy atom. The van der Waals surface area contributed by atoms with Crippen LogP contribution in [-0.2, 0) is 33.0 Å². The predicted molar refractivity (Wildman–Crippen MR) is 173 cm³/mol. The number of rotatable bonds is 6. The van der Waals surface area contributed by atoms with Gasteiger partial charge in [0.25, 0.3) is 5.91 Å². The van der Waals surface area contributed by atoms with Crippen molar-refractivity contribution < 1.29 is 9.53 Å². The Balaban J connectivity index is 1.10. The van der Waals surface area contributed by atoms with Gasteiger partial charge in [-0.05, 0) is 68.1 Å². The number of hydrogen-bond acceptors (Lipinski definition) is 6. The number of carbonyl (C=O) groups excluding carboxylic acids is 1. The highest BCUT2D eigenvalue weighted by molar-refractivity contribution is 6.19. The van der Waals surface area contributed by atoms with Crippen LogP contribution in [0.25, 0.3) is 32.9 Å². The van der Waals surface area contributed by atoms with Crippen LogP contribution in [0.2, 0.25) is 0 Å².